The van der Waals surface area contributed by atoms with Crippen LogP contribution in [0.25, 0.3) is 0 Å². The van der Waals surface area contributed by atoms with Crippen molar-refractivity contribution < 1.29 is 4.74 Å². The van der Waals surface area contributed by atoms with Crippen LogP contribution in [-0.4, -0.2) is 12.7 Å². The van der Waals surface area contributed by atoms with Gasteiger partial charge in [0.05, 0.1) is 6.10 Å². The van der Waals surface area contributed by atoms with Gasteiger partial charge in [-0.2, -0.15) is 0 Å². The van der Waals surface area contributed by atoms with Crippen LogP contribution in [0.5, 0.6) is 0 Å². The molecule has 1 rings (SSSR count). The van der Waals surface area contributed by atoms with Crippen LogP contribution in [0.2, 0.25) is 0 Å². The highest BCUT2D eigenvalue weighted by Gasteiger charge is 2.29. The Kier molecular flexibility index (Phi) is 5.62. The van der Waals surface area contributed by atoms with Crippen LogP contribution in [0.4, 0.5) is 0 Å². The van der Waals surface area contributed by atoms with E-state index in [0.29, 0.717) is 11.5 Å². The summed E-state index contributed by atoms with van der Waals surface area (Å²) in [5.41, 5.74) is 0.470. The van der Waals surface area contributed by atoms with Crippen LogP contribution in [0.1, 0.15) is 54.4 Å². The van der Waals surface area contributed by atoms with Gasteiger partial charge in [0.15, 0.2) is 0 Å². The molecular formula is C12H26O. The van der Waals surface area contributed by atoms with Crippen molar-refractivity contribution in [2.45, 2.75) is 60.5 Å². The lowest BCUT2D eigenvalue weighted by molar-refractivity contribution is -0.0248. The highest BCUT2D eigenvalue weighted by molar-refractivity contribution is 4.78. The van der Waals surface area contributed by atoms with Crippen molar-refractivity contribution in [3.8, 4) is 0 Å². The second-order valence-corrected chi connectivity index (χ2v) is 4.77. The summed E-state index contributed by atoms with van der Waals surface area (Å²) in [5.74, 6) is 0.853. The van der Waals surface area contributed by atoms with Crippen molar-refractivity contribution >= 4 is 0 Å². The third-order valence-corrected chi connectivity index (χ3v) is 2.71. The lowest BCUT2D eigenvalue weighted by Gasteiger charge is -2.36. The van der Waals surface area contributed by atoms with Gasteiger partial charge in [0.1, 0.15) is 0 Å². The minimum atomic E-state index is 0.470. The molecule has 2 unspecified atom stereocenters. The van der Waals surface area contributed by atoms with Gasteiger partial charge in [-0.3, -0.25) is 0 Å². The Hall–Kier alpha value is -0.0400. The van der Waals surface area contributed by atoms with Gasteiger partial charge in [-0.1, -0.05) is 34.6 Å². The molecule has 0 aromatic rings. The smallest absolute Gasteiger partial charge is 0.0549 e. The van der Waals surface area contributed by atoms with E-state index in [1.165, 1.54) is 12.8 Å². The Morgan fingerprint density at radius 1 is 1.15 bits per heavy atom. The third kappa shape index (κ3) is 4.66. The predicted octanol–water partition coefficient (Wildman–Crippen LogP) is 3.87. The lowest BCUT2D eigenvalue weighted by Crippen LogP contribution is -2.31. The normalized spacial score (nSPS) is 29.1. The molecule has 1 heteroatoms. The Bertz CT molecular complexity index is 124. The molecule has 0 aromatic heterocycles. The molecule has 1 aliphatic heterocycles. The number of rotatable bonds is 0. The van der Waals surface area contributed by atoms with E-state index in [1.54, 1.807) is 0 Å². The molecule has 0 N–H and O–H groups in total. The van der Waals surface area contributed by atoms with E-state index in [4.69, 9.17) is 4.74 Å². The molecule has 2 atom stereocenters. The van der Waals surface area contributed by atoms with Gasteiger partial charge >= 0.3 is 0 Å². The summed E-state index contributed by atoms with van der Waals surface area (Å²) in [5, 5.41) is 0. The first-order valence-corrected chi connectivity index (χ1v) is 5.62. The zero-order chi connectivity index (χ0) is 10.5. The van der Waals surface area contributed by atoms with Crippen LogP contribution in [0, 0.1) is 11.3 Å². The molecule has 0 spiro atoms. The number of hydrogen-bond donors (Lipinski definition) is 0. The van der Waals surface area contributed by atoms with Gasteiger partial charge < -0.3 is 4.74 Å². The van der Waals surface area contributed by atoms with E-state index in [0.717, 1.165) is 12.5 Å². The van der Waals surface area contributed by atoms with Crippen LogP contribution in [-0.2, 0) is 4.74 Å². The average molecular weight is 186 g/mol. The SMILES string of the molecule is CC.CC1CC(C(C)(C)C)CCO1. The van der Waals surface area contributed by atoms with Crippen molar-refractivity contribution in [3.63, 3.8) is 0 Å². The quantitative estimate of drug-likeness (QED) is 0.558. The Morgan fingerprint density at radius 3 is 2.00 bits per heavy atom. The number of hydrogen-bond acceptors (Lipinski definition) is 1. The maximum Gasteiger partial charge on any atom is 0.0549 e. The molecule has 0 bridgehead atoms. The molecule has 13 heavy (non-hydrogen) atoms. The fourth-order valence-corrected chi connectivity index (χ4v) is 1.78. The van der Waals surface area contributed by atoms with Gasteiger partial charge in [-0.25, -0.2) is 0 Å². The van der Waals surface area contributed by atoms with Crippen molar-refractivity contribution in [2.24, 2.45) is 11.3 Å². The minimum Gasteiger partial charge on any atom is -0.378 e. The molecule has 1 saturated heterocycles. The van der Waals surface area contributed by atoms with Gasteiger partial charge in [-0.15, -0.1) is 0 Å². The second kappa shape index (κ2) is 5.64. The molecule has 1 heterocycles. The van der Waals surface area contributed by atoms with Crippen molar-refractivity contribution in [1.82, 2.24) is 0 Å². The summed E-state index contributed by atoms with van der Waals surface area (Å²) < 4.78 is 5.50. The van der Waals surface area contributed by atoms with E-state index in [1.807, 2.05) is 13.8 Å². The van der Waals surface area contributed by atoms with E-state index in [9.17, 15) is 0 Å². The molecule has 1 fully saturated rings. The fraction of sp³-hybridized carbons (Fsp3) is 1.00. The summed E-state index contributed by atoms with van der Waals surface area (Å²) in [4.78, 5) is 0. The Labute approximate surface area is 83.9 Å². The Balaban J connectivity index is 0.000000671. The van der Waals surface area contributed by atoms with E-state index < -0.39 is 0 Å². The molecule has 0 aliphatic carbocycles. The van der Waals surface area contributed by atoms with E-state index in [-0.39, 0.29) is 0 Å². The lowest BCUT2D eigenvalue weighted by atomic mass is 9.75. The highest BCUT2D eigenvalue weighted by atomic mass is 16.5. The summed E-state index contributed by atoms with van der Waals surface area (Å²) in [6, 6.07) is 0. The second-order valence-electron chi connectivity index (χ2n) is 4.77. The van der Waals surface area contributed by atoms with Crippen molar-refractivity contribution in [2.75, 3.05) is 6.61 Å². The van der Waals surface area contributed by atoms with Gasteiger partial charge in [-0.05, 0) is 31.1 Å². The monoisotopic (exact) mass is 186 g/mol. The molecule has 0 amide bonds. The maximum absolute atomic E-state index is 5.50. The van der Waals surface area contributed by atoms with E-state index in [2.05, 4.69) is 27.7 Å². The summed E-state index contributed by atoms with van der Waals surface area (Å²) in [6.45, 7) is 14.1. The van der Waals surface area contributed by atoms with Crippen molar-refractivity contribution in [1.29, 1.82) is 0 Å². The zero-order valence-corrected chi connectivity index (χ0v) is 10.2. The van der Waals surface area contributed by atoms with Crippen LogP contribution in [0.15, 0.2) is 0 Å². The summed E-state index contributed by atoms with van der Waals surface area (Å²) >= 11 is 0. The number of ether oxygens (including phenoxy) is 1. The molecule has 0 saturated carbocycles. The van der Waals surface area contributed by atoms with Crippen LogP contribution >= 0.6 is 0 Å². The molecule has 0 aromatic carbocycles. The zero-order valence-electron chi connectivity index (χ0n) is 10.2. The molecular weight excluding hydrogens is 160 g/mol. The van der Waals surface area contributed by atoms with Gasteiger partial charge in [0.2, 0.25) is 0 Å². The first-order valence-electron chi connectivity index (χ1n) is 5.62. The standard InChI is InChI=1S/C10H20O.C2H6/c1-8-7-9(5-6-11-8)10(2,3)4;1-2/h8-9H,5-7H2,1-4H3;1-2H3. The fourth-order valence-electron chi connectivity index (χ4n) is 1.78. The summed E-state index contributed by atoms with van der Waals surface area (Å²) in [6.07, 6.45) is 2.96. The predicted molar refractivity (Wildman–Crippen MR) is 58.9 cm³/mol. The molecule has 1 nitrogen and oxygen atoms in total. The highest BCUT2D eigenvalue weighted by Crippen LogP contribution is 2.35. The van der Waals surface area contributed by atoms with Crippen LogP contribution in [0.3, 0.4) is 0 Å². The first-order chi connectivity index (χ1) is 6.00. The van der Waals surface area contributed by atoms with Crippen LogP contribution < -0.4 is 0 Å². The topological polar surface area (TPSA) is 9.23 Å². The third-order valence-electron chi connectivity index (χ3n) is 2.71. The summed E-state index contributed by atoms with van der Waals surface area (Å²) in [7, 11) is 0. The van der Waals surface area contributed by atoms with Gasteiger partial charge in [0.25, 0.3) is 0 Å². The van der Waals surface area contributed by atoms with Gasteiger partial charge in [0, 0.05) is 6.61 Å². The van der Waals surface area contributed by atoms with Crippen molar-refractivity contribution in [3.05, 3.63) is 0 Å². The minimum absolute atomic E-state index is 0.470. The largest absolute Gasteiger partial charge is 0.378 e. The Morgan fingerprint density at radius 2 is 1.69 bits per heavy atom. The average Bonchev–Trinajstić information content (AvgIpc) is 2.06. The van der Waals surface area contributed by atoms with E-state index >= 15 is 0 Å². The maximum atomic E-state index is 5.50. The first kappa shape index (κ1) is 13.0. The molecule has 80 valence electrons. The molecule has 1 aliphatic rings. The molecule has 0 radical (unpaired) electrons.